The van der Waals surface area contributed by atoms with E-state index in [2.05, 4.69) is 4.72 Å². The third kappa shape index (κ3) is 3.63. The minimum absolute atomic E-state index is 0.0339. The highest BCUT2D eigenvalue weighted by atomic mass is 32.2. The maximum atomic E-state index is 12.4. The normalized spacial score (nSPS) is 18.9. The number of aryl methyl sites for hydroxylation is 1. The van der Waals surface area contributed by atoms with E-state index in [1.54, 1.807) is 41.3 Å². The fraction of sp³-hybridized carbons (Fsp3) is 0.316. The monoisotopic (exact) mass is 388 g/mol. The van der Waals surface area contributed by atoms with E-state index < -0.39 is 10.0 Å². The lowest BCUT2D eigenvalue weighted by Gasteiger charge is -2.17. The van der Waals surface area contributed by atoms with E-state index in [-0.39, 0.29) is 30.1 Å². The number of sulfonamides is 1. The fourth-order valence-electron chi connectivity index (χ4n) is 3.25. The summed E-state index contributed by atoms with van der Waals surface area (Å²) in [5.74, 6) is 1.15. The van der Waals surface area contributed by atoms with Crippen molar-refractivity contribution in [3.8, 4) is 11.5 Å². The maximum Gasteiger partial charge on any atom is 0.240 e. The van der Waals surface area contributed by atoms with E-state index >= 15 is 0 Å². The second-order valence-corrected chi connectivity index (χ2v) is 8.54. The van der Waals surface area contributed by atoms with Gasteiger partial charge < -0.3 is 14.4 Å². The Kier molecular flexibility index (Phi) is 4.53. The standard InChI is InChI=1S/C19H20N2O5S/c1-13-2-5-16(6-3-13)27(23,24)20-10-14-8-19(22)21(11-14)15-4-7-17-18(9-15)26-12-25-17/h2-7,9,14,20H,8,10-12H2,1H3. The second-order valence-electron chi connectivity index (χ2n) is 6.78. The largest absolute Gasteiger partial charge is 0.454 e. The molecule has 0 spiro atoms. The highest BCUT2D eigenvalue weighted by Crippen LogP contribution is 2.37. The molecule has 1 fully saturated rings. The van der Waals surface area contributed by atoms with Crippen LogP contribution in [-0.4, -0.2) is 34.2 Å². The van der Waals surface area contributed by atoms with Crippen LogP contribution in [0.15, 0.2) is 47.4 Å². The Balaban J connectivity index is 1.41. The maximum absolute atomic E-state index is 12.4. The molecule has 0 saturated carbocycles. The van der Waals surface area contributed by atoms with Crippen LogP contribution >= 0.6 is 0 Å². The van der Waals surface area contributed by atoms with Gasteiger partial charge in [0.2, 0.25) is 22.7 Å². The lowest BCUT2D eigenvalue weighted by Crippen LogP contribution is -2.31. The van der Waals surface area contributed by atoms with Crippen LogP contribution in [0.3, 0.4) is 0 Å². The third-order valence-corrected chi connectivity index (χ3v) is 6.21. The number of hydrogen-bond donors (Lipinski definition) is 1. The Labute approximate surface area is 157 Å². The lowest BCUT2D eigenvalue weighted by atomic mass is 10.1. The molecule has 142 valence electrons. The van der Waals surface area contributed by atoms with E-state index in [9.17, 15) is 13.2 Å². The van der Waals surface area contributed by atoms with Crippen LogP contribution in [0.4, 0.5) is 5.69 Å². The van der Waals surface area contributed by atoms with Gasteiger partial charge in [-0.05, 0) is 37.1 Å². The molecular formula is C19H20N2O5S. The summed E-state index contributed by atoms with van der Waals surface area (Å²) < 4.78 is 38.1. The van der Waals surface area contributed by atoms with Crippen molar-refractivity contribution in [2.24, 2.45) is 5.92 Å². The zero-order valence-electron chi connectivity index (χ0n) is 14.8. The van der Waals surface area contributed by atoms with Crippen LogP contribution in [0.1, 0.15) is 12.0 Å². The zero-order valence-corrected chi connectivity index (χ0v) is 15.7. The molecule has 2 aromatic carbocycles. The lowest BCUT2D eigenvalue weighted by molar-refractivity contribution is -0.117. The molecule has 7 nitrogen and oxygen atoms in total. The van der Waals surface area contributed by atoms with Crippen molar-refractivity contribution in [1.29, 1.82) is 0 Å². The summed E-state index contributed by atoms with van der Waals surface area (Å²) in [4.78, 5) is 14.3. The summed E-state index contributed by atoms with van der Waals surface area (Å²) in [7, 11) is -3.59. The van der Waals surface area contributed by atoms with Gasteiger partial charge in [-0.3, -0.25) is 4.79 Å². The van der Waals surface area contributed by atoms with Crippen LogP contribution < -0.4 is 19.1 Å². The Morgan fingerprint density at radius 1 is 1.11 bits per heavy atom. The molecule has 2 aromatic rings. The zero-order chi connectivity index (χ0) is 19.0. The third-order valence-electron chi connectivity index (χ3n) is 4.77. The molecule has 2 aliphatic rings. The van der Waals surface area contributed by atoms with Gasteiger partial charge in [-0.1, -0.05) is 17.7 Å². The second kappa shape index (κ2) is 6.86. The minimum Gasteiger partial charge on any atom is -0.454 e. The molecule has 2 aliphatic heterocycles. The molecule has 2 heterocycles. The molecular weight excluding hydrogens is 368 g/mol. The average Bonchev–Trinajstić information content (AvgIpc) is 3.26. The molecule has 1 amide bonds. The van der Waals surface area contributed by atoms with Gasteiger partial charge in [0.05, 0.1) is 4.90 Å². The summed E-state index contributed by atoms with van der Waals surface area (Å²) in [5, 5.41) is 0. The van der Waals surface area contributed by atoms with Crippen LogP contribution in [0.25, 0.3) is 0 Å². The van der Waals surface area contributed by atoms with Crippen molar-refractivity contribution in [1.82, 2.24) is 4.72 Å². The van der Waals surface area contributed by atoms with Gasteiger partial charge in [0.1, 0.15) is 0 Å². The number of hydrogen-bond acceptors (Lipinski definition) is 5. The number of fused-ring (bicyclic) bond motifs is 1. The molecule has 0 radical (unpaired) electrons. The first-order valence-corrected chi connectivity index (χ1v) is 10.2. The number of nitrogens with one attached hydrogen (secondary N) is 1. The van der Waals surface area contributed by atoms with Gasteiger partial charge in [-0.15, -0.1) is 0 Å². The molecule has 1 N–H and O–H groups in total. The van der Waals surface area contributed by atoms with Crippen LogP contribution in [-0.2, 0) is 14.8 Å². The van der Waals surface area contributed by atoms with Crippen LogP contribution in [0.2, 0.25) is 0 Å². The van der Waals surface area contributed by atoms with E-state index in [4.69, 9.17) is 9.47 Å². The molecule has 0 bridgehead atoms. The van der Waals surface area contributed by atoms with Gasteiger partial charge in [-0.2, -0.15) is 0 Å². The van der Waals surface area contributed by atoms with Crippen LogP contribution in [0, 0.1) is 12.8 Å². The molecule has 1 atom stereocenters. The number of anilines is 1. The van der Waals surface area contributed by atoms with Crippen molar-refractivity contribution in [2.75, 3.05) is 24.8 Å². The van der Waals surface area contributed by atoms with Crippen molar-refractivity contribution >= 4 is 21.6 Å². The summed E-state index contributed by atoms with van der Waals surface area (Å²) in [5.41, 5.74) is 1.72. The van der Waals surface area contributed by atoms with Crippen molar-refractivity contribution in [3.05, 3.63) is 48.0 Å². The fourth-order valence-corrected chi connectivity index (χ4v) is 4.37. The van der Waals surface area contributed by atoms with Crippen molar-refractivity contribution in [2.45, 2.75) is 18.2 Å². The van der Waals surface area contributed by atoms with Crippen molar-refractivity contribution < 1.29 is 22.7 Å². The highest BCUT2D eigenvalue weighted by molar-refractivity contribution is 7.89. The van der Waals surface area contributed by atoms with E-state index in [0.29, 0.717) is 24.5 Å². The van der Waals surface area contributed by atoms with Crippen molar-refractivity contribution in [3.63, 3.8) is 0 Å². The van der Waals surface area contributed by atoms with Crippen LogP contribution in [0.5, 0.6) is 11.5 Å². The SMILES string of the molecule is Cc1ccc(S(=O)(=O)NCC2CC(=O)N(c3ccc4c(c3)OCO4)C2)cc1. The molecule has 0 aliphatic carbocycles. The topological polar surface area (TPSA) is 84.9 Å². The smallest absolute Gasteiger partial charge is 0.240 e. The van der Waals surface area contributed by atoms with E-state index in [1.165, 1.54) is 0 Å². The first-order valence-electron chi connectivity index (χ1n) is 8.69. The molecule has 1 saturated heterocycles. The number of carbonyl (C=O) groups is 1. The molecule has 0 aromatic heterocycles. The van der Waals surface area contributed by atoms with E-state index in [0.717, 1.165) is 11.3 Å². The van der Waals surface area contributed by atoms with Gasteiger partial charge in [0.15, 0.2) is 11.5 Å². The first-order chi connectivity index (χ1) is 12.9. The highest BCUT2D eigenvalue weighted by Gasteiger charge is 2.32. The summed E-state index contributed by atoms with van der Waals surface area (Å²) in [6.07, 6.45) is 0.296. The molecule has 4 rings (SSSR count). The van der Waals surface area contributed by atoms with Gasteiger partial charge in [0, 0.05) is 31.3 Å². The summed E-state index contributed by atoms with van der Waals surface area (Å²) >= 11 is 0. The number of carbonyl (C=O) groups excluding carboxylic acids is 1. The average molecular weight is 388 g/mol. The number of ether oxygens (including phenoxy) is 2. The Morgan fingerprint density at radius 3 is 2.63 bits per heavy atom. The van der Waals surface area contributed by atoms with Gasteiger partial charge in [0.25, 0.3) is 0 Å². The predicted octanol–water partition coefficient (Wildman–Crippen LogP) is 2.06. The van der Waals surface area contributed by atoms with Gasteiger partial charge in [-0.25, -0.2) is 13.1 Å². The summed E-state index contributed by atoms with van der Waals surface area (Å²) in [6.45, 7) is 2.74. The Bertz CT molecular complexity index is 972. The number of amides is 1. The first kappa shape index (κ1) is 17.8. The Morgan fingerprint density at radius 2 is 1.85 bits per heavy atom. The quantitative estimate of drug-likeness (QED) is 0.847. The number of nitrogens with zero attached hydrogens (tertiary/aromatic N) is 1. The Hall–Kier alpha value is -2.58. The summed E-state index contributed by atoms with van der Waals surface area (Å²) in [6, 6.07) is 12.0. The number of rotatable bonds is 5. The van der Waals surface area contributed by atoms with E-state index in [1.807, 2.05) is 13.0 Å². The molecule has 8 heteroatoms. The minimum atomic E-state index is -3.59. The van der Waals surface area contributed by atoms with Gasteiger partial charge >= 0.3 is 0 Å². The molecule has 1 unspecified atom stereocenters. The predicted molar refractivity (Wildman–Crippen MR) is 99.4 cm³/mol. The number of benzene rings is 2. The molecule has 27 heavy (non-hydrogen) atoms.